The third-order valence-corrected chi connectivity index (χ3v) is 6.58. The van der Waals surface area contributed by atoms with Gasteiger partial charge in [0.15, 0.2) is 5.75 Å². The maximum Gasteiger partial charge on any atom is 0.254 e. The summed E-state index contributed by atoms with van der Waals surface area (Å²) in [5, 5.41) is 5.83. The second-order valence-corrected chi connectivity index (χ2v) is 8.64. The molecule has 30 heavy (non-hydrogen) atoms. The van der Waals surface area contributed by atoms with E-state index in [0.717, 1.165) is 17.0 Å². The lowest BCUT2D eigenvalue weighted by atomic mass is 9.85. The summed E-state index contributed by atoms with van der Waals surface area (Å²) in [7, 11) is 0. The van der Waals surface area contributed by atoms with Gasteiger partial charge in [0.1, 0.15) is 6.61 Å². The second-order valence-electron chi connectivity index (χ2n) is 7.82. The number of carbonyl (C=O) groups is 2. The highest BCUT2D eigenvalue weighted by molar-refractivity contribution is 6.37. The number of carbonyl (C=O) groups excluding carboxylic acids is 2. The van der Waals surface area contributed by atoms with E-state index in [1.165, 1.54) is 6.21 Å². The molecule has 4 unspecified atom stereocenters. The Hall–Kier alpha value is -2.63. The predicted octanol–water partition coefficient (Wildman–Crippen LogP) is 4.71. The van der Waals surface area contributed by atoms with Gasteiger partial charge >= 0.3 is 0 Å². The molecule has 2 amide bonds. The van der Waals surface area contributed by atoms with Crippen molar-refractivity contribution in [2.24, 2.45) is 28.8 Å². The van der Waals surface area contributed by atoms with Gasteiger partial charge in [0.2, 0.25) is 0 Å². The number of imide groups is 1. The van der Waals surface area contributed by atoms with Gasteiger partial charge < -0.3 is 4.74 Å². The number of benzene rings is 2. The fourth-order valence-electron chi connectivity index (χ4n) is 4.65. The minimum absolute atomic E-state index is 0.154. The number of fused-ring (bicyclic) bond motifs is 5. The normalized spacial score (nSPS) is 26.8. The molecule has 7 heteroatoms. The third kappa shape index (κ3) is 3.22. The highest BCUT2D eigenvalue weighted by Crippen LogP contribution is 2.52. The fraction of sp³-hybridized carbons (Fsp3) is 0.261. The molecule has 1 aliphatic heterocycles. The second kappa shape index (κ2) is 7.56. The first-order chi connectivity index (χ1) is 14.5. The standard InChI is InChI=1S/C23H18Cl2N2O3/c24-17-8-14(9-18(25)21(17)30-12-13-4-2-1-3-5-13)11-26-27-22(28)19-15-6-7-16(10-15)20(19)23(27)29/h1-9,11,15-16,19-20H,10,12H2. The Kier molecular flexibility index (Phi) is 4.88. The first-order valence-corrected chi connectivity index (χ1v) is 10.5. The van der Waals surface area contributed by atoms with Crippen molar-refractivity contribution in [1.29, 1.82) is 0 Å². The van der Waals surface area contributed by atoms with Gasteiger partial charge in [-0.3, -0.25) is 9.59 Å². The van der Waals surface area contributed by atoms with Crippen molar-refractivity contribution < 1.29 is 14.3 Å². The molecule has 2 aromatic carbocycles. The molecule has 3 aliphatic rings. The van der Waals surface area contributed by atoms with Crippen molar-refractivity contribution in [2.75, 3.05) is 0 Å². The Labute approximate surface area is 183 Å². The number of allylic oxidation sites excluding steroid dienone is 2. The lowest BCUT2D eigenvalue weighted by molar-refractivity contribution is -0.140. The van der Waals surface area contributed by atoms with E-state index in [1.807, 2.05) is 30.3 Å². The number of nitrogens with zero attached hydrogens (tertiary/aromatic N) is 2. The summed E-state index contributed by atoms with van der Waals surface area (Å²) < 4.78 is 5.77. The highest BCUT2D eigenvalue weighted by Gasteiger charge is 2.59. The van der Waals surface area contributed by atoms with Crippen LogP contribution in [-0.2, 0) is 16.2 Å². The van der Waals surface area contributed by atoms with Crippen molar-refractivity contribution in [3.8, 4) is 5.75 Å². The molecule has 0 radical (unpaired) electrons. The van der Waals surface area contributed by atoms with E-state index in [-0.39, 0.29) is 35.5 Å². The van der Waals surface area contributed by atoms with Gasteiger partial charge in [-0.2, -0.15) is 10.1 Å². The Morgan fingerprint density at radius 2 is 1.60 bits per heavy atom. The van der Waals surface area contributed by atoms with Crippen LogP contribution in [0.15, 0.2) is 59.7 Å². The van der Waals surface area contributed by atoms with E-state index in [4.69, 9.17) is 27.9 Å². The van der Waals surface area contributed by atoms with E-state index in [0.29, 0.717) is 28.0 Å². The van der Waals surface area contributed by atoms with Crippen LogP contribution in [-0.4, -0.2) is 23.0 Å². The van der Waals surface area contributed by atoms with Crippen LogP contribution in [0.2, 0.25) is 10.0 Å². The molecule has 2 bridgehead atoms. The van der Waals surface area contributed by atoms with E-state index in [9.17, 15) is 9.59 Å². The summed E-state index contributed by atoms with van der Waals surface area (Å²) >= 11 is 12.7. The smallest absolute Gasteiger partial charge is 0.254 e. The molecular formula is C23H18Cl2N2O3. The van der Waals surface area contributed by atoms with Crippen molar-refractivity contribution in [3.05, 3.63) is 75.8 Å². The SMILES string of the molecule is O=C1C2C3C=CC(C3)C2C(=O)N1N=Cc1cc(Cl)c(OCc2ccccc2)c(Cl)c1. The largest absolute Gasteiger partial charge is 0.486 e. The average molecular weight is 441 g/mol. The summed E-state index contributed by atoms with van der Waals surface area (Å²) in [4.78, 5) is 25.4. The molecule has 2 aliphatic carbocycles. The third-order valence-electron chi connectivity index (χ3n) is 6.02. The van der Waals surface area contributed by atoms with Crippen molar-refractivity contribution >= 4 is 41.2 Å². The zero-order valence-corrected chi connectivity index (χ0v) is 17.4. The maximum absolute atomic E-state index is 12.7. The summed E-state index contributed by atoms with van der Waals surface area (Å²) in [5.74, 6) is -0.305. The van der Waals surface area contributed by atoms with Crippen molar-refractivity contribution in [2.45, 2.75) is 13.0 Å². The quantitative estimate of drug-likeness (QED) is 0.384. The van der Waals surface area contributed by atoms with E-state index in [1.54, 1.807) is 12.1 Å². The molecule has 1 saturated carbocycles. The number of hydrazone groups is 1. The molecule has 0 N–H and O–H groups in total. The minimum Gasteiger partial charge on any atom is -0.486 e. The molecule has 5 rings (SSSR count). The van der Waals surface area contributed by atoms with Crippen LogP contribution in [0, 0.1) is 23.7 Å². The average Bonchev–Trinajstić information content (AvgIpc) is 3.41. The number of rotatable bonds is 5. The molecule has 5 nitrogen and oxygen atoms in total. The van der Waals surface area contributed by atoms with Gasteiger partial charge in [-0.1, -0.05) is 65.7 Å². The highest BCUT2D eigenvalue weighted by atomic mass is 35.5. The molecule has 1 heterocycles. The van der Waals surface area contributed by atoms with Gasteiger partial charge in [0.25, 0.3) is 11.8 Å². The van der Waals surface area contributed by atoms with Crippen LogP contribution >= 0.6 is 23.2 Å². The monoisotopic (exact) mass is 440 g/mol. The summed E-state index contributed by atoms with van der Waals surface area (Å²) in [6.07, 6.45) is 6.43. The van der Waals surface area contributed by atoms with Crippen LogP contribution < -0.4 is 4.74 Å². The van der Waals surface area contributed by atoms with Gasteiger partial charge in [0, 0.05) is 0 Å². The van der Waals surface area contributed by atoms with Gasteiger partial charge in [-0.15, -0.1) is 0 Å². The van der Waals surface area contributed by atoms with Crippen LogP contribution in [0.5, 0.6) is 5.75 Å². The Bertz CT molecular complexity index is 1030. The Morgan fingerprint density at radius 3 is 2.20 bits per heavy atom. The van der Waals surface area contributed by atoms with Crippen molar-refractivity contribution in [3.63, 3.8) is 0 Å². The molecule has 0 aromatic heterocycles. The van der Waals surface area contributed by atoms with Crippen molar-refractivity contribution in [1.82, 2.24) is 5.01 Å². The van der Waals surface area contributed by atoms with Gasteiger partial charge in [0.05, 0.1) is 28.1 Å². The lowest BCUT2D eigenvalue weighted by Crippen LogP contribution is -2.28. The molecule has 1 saturated heterocycles. The maximum atomic E-state index is 12.7. The zero-order chi connectivity index (χ0) is 20.8. The Balaban J connectivity index is 1.31. The number of hydrogen-bond donors (Lipinski definition) is 0. The minimum atomic E-state index is -0.273. The predicted molar refractivity (Wildman–Crippen MR) is 114 cm³/mol. The van der Waals surface area contributed by atoms with E-state index >= 15 is 0 Å². The summed E-state index contributed by atoms with van der Waals surface area (Å²) in [5.41, 5.74) is 1.58. The molecule has 2 fully saturated rings. The van der Waals surface area contributed by atoms with Crippen LogP contribution in [0.4, 0.5) is 0 Å². The lowest BCUT2D eigenvalue weighted by Gasteiger charge is -2.13. The van der Waals surface area contributed by atoms with E-state index in [2.05, 4.69) is 17.3 Å². The summed E-state index contributed by atoms with van der Waals surface area (Å²) in [6.45, 7) is 0.337. The first-order valence-electron chi connectivity index (χ1n) is 9.79. The zero-order valence-electron chi connectivity index (χ0n) is 15.9. The number of hydrogen-bond acceptors (Lipinski definition) is 4. The Morgan fingerprint density at radius 1 is 1.00 bits per heavy atom. The molecule has 2 aromatic rings. The molecule has 0 spiro atoms. The van der Waals surface area contributed by atoms with Crippen LogP contribution in [0.3, 0.4) is 0 Å². The van der Waals surface area contributed by atoms with Crippen LogP contribution in [0.25, 0.3) is 0 Å². The number of halogens is 2. The molecule has 4 atom stereocenters. The molecular weight excluding hydrogens is 423 g/mol. The number of amides is 2. The van der Waals surface area contributed by atoms with E-state index < -0.39 is 0 Å². The van der Waals surface area contributed by atoms with Crippen LogP contribution in [0.1, 0.15) is 17.5 Å². The van der Waals surface area contributed by atoms with Gasteiger partial charge in [-0.25, -0.2) is 0 Å². The van der Waals surface area contributed by atoms with Gasteiger partial charge in [-0.05, 0) is 41.5 Å². The topological polar surface area (TPSA) is 59.0 Å². The first kappa shape index (κ1) is 19.3. The summed E-state index contributed by atoms with van der Waals surface area (Å²) in [6, 6.07) is 13.0. The molecule has 152 valence electrons. The number of ether oxygens (including phenoxy) is 1. The fourth-order valence-corrected chi connectivity index (χ4v) is 5.26.